The van der Waals surface area contributed by atoms with E-state index in [4.69, 9.17) is 0 Å². The third kappa shape index (κ3) is 3.08. The summed E-state index contributed by atoms with van der Waals surface area (Å²) in [6.07, 6.45) is 3.82. The van der Waals surface area contributed by atoms with E-state index in [1.54, 1.807) is 0 Å². The van der Waals surface area contributed by atoms with Crippen LogP contribution in [0.25, 0.3) is 0 Å². The minimum absolute atomic E-state index is 0.0318. The van der Waals surface area contributed by atoms with E-state index in [2.05, 4.69) is 0 Å². The lowest BCUT2D eigenvalue weighted by Crippen LogP contribution is -2.64. The van der Waals surface area contributed by atoms with Crippen molar-refractivity contribution in [2.45, 2.75) is 37.8 Å². The van der Waals surface area contributed by atoms with Gasteiger partial charge >= 0.3 is 0 Å². The first-order chi connectivity index (χ1) is 11.4. The maximum atomic E-state index is 12.0. The van der Waals surface area contributed by atoms with Crippen molar-refractivity contribution in [2.24, 2.45) is 0 Å². The molecule has 2 aliphatic heterocycles. The number of hydrogen-bond acceptors (Lipinski definition) is 6. The second-order valence-electron chi connectivity index (χ2n) is 6.92. The van der Waals surface area contributed by atoms with Gasteiger partial charge in [-0.3, -0.25) is 38.8 Å². The molecule has 8 nitrogen and oxygen atoms in total. The lowest BCUT2D eigenvalue weighted by atomic mass is 9.87. The highest BCUT2D eigenvalue weighted by Gasteiger charge is 2.41. The highest BCUT2D eigenvalue weighted by atomic mass is 16.2. The van der Waals surface area contributed by atoms with Crippen LogP contribution < -0.4 is 0 Å². The Balaban J connectivity index is 1.76. The molecule has 4 amide bonds. The molecule has 2 atom stereocenters. The molecule has 132 valence electrons. The van der Waals surface area contributed by atoms with Crippen molar-refractivity contribution in [3.8, 4) is 0 Å². The molecule has 0 aromatic carbocycles. The van der Waals surface area contributed by atoms with Crippen LogP contribution in [0.1, 0.15) is 25.7 Å². The Morgan fingerprint density at radius 3 is 1.21 bits per heavy atom. The molecule has 0 spiro atoms. The molecule has 0 aromatic heterocycles. The van der Waals surface area contributed by atoms with E-state index in [1.165, 1.54) is 23.9 Å². The molecule has 3 aliphatic rings. The lowest BCUT2D eigenvalue weighted by molar-refractivity contribution is -0.156. The number of likely N-dealkylation sites (N-methyl/N-ethyl adjacent to an activating group) is 2. The minimum atomic E-state index is -0.193. The minimum Gasteiger partial charge on any atom is -0.284 e. The molecule has 2 saturated heterocycles. The number of nitrogens with zero attached hydrogens (tertiary/aromatic N) is 4. The third-order valence-corrected chi connectivity index (χ3v) is 5.48. The van der Waals surface area contributed by atoms with Crippen molar-refractivity contribution < 1.29 is 19.2 Å². The van der Waals surface area contributed by atoms with E-state index in [9.17, 15) is 19.2 Å². The van der Waals surface area contributed by atoms with E-state index in [0.29, 0.717) is 0 Å². The quantitative estimate of drug-likeness (QED) is 0.596. The van der Waals surface area contributed by atoms with Crippen LogP contribution in [-0.4, -0.2) is 95.6 Å². The number of hydrogen-bond donors (Lipinski definition) is 0. The number of amides is 4. The van der Waals surface area contributed by atoms with Gasteiger partial charge in [-0.25, -0.2) is 0 Å². The number of carbonyl (C=O) groups is 4. The normalized spacial score (nSPS) is 31.1. The topological polar surface area (TPSA) is 81.2 Å². The first-order valence-electron chi connectivity index (χ1n) is 8.45. The van der Waals surface area contributed by atoms with Gasteiger partial charge in [0.1, 0.15) is 0 Å². The summed E-state index contributed by atoms with van der Waals surface area (Å²) < 4.78 is 0. The van der Waals surface area contributed by atoms with Gasteiger partial charge in [-0.15, -0.1) is 0 Å². The SMILES string of the molecule is CN1C(=O)CN([C@@H]2CCCC[C@H]2N2CC(=O)N(C)C(=O)C2)CC1=O. The van der Waals surface area contributed by atoms with Gasteiger partial charge in [0.15, 0.2) is 0 Å². The van der Waals surface area contributed by atoms with Crippen molar-refractivity contribution in [3.05, 3.63) is 0 Å². The predicted octanol–water partition coefficient (Wildman–Crippen LogP) is -1.10. The zero-order valence-corrected chi connectivity index (χ0v) is 14.2. The Labute approximate surface area is 141 Å². The highest BCUT2D eigenvalue weighted by molar-refractivity contribution is 5.99. The second kappa shape index (κ2) is 6.60. The van der Waals surface area contributed by atoms with Crippen LogP contribution >= 0.6 is 0 Å². The molecule has 0 bridgehead atoms. The number of rotatable bonds is 2. The van der Waals surface area contributed by atoms with Crippen LogP contribution in [0.3, 0.4) is 0 Å². The molecule has 0 N–H and O–H groups in total. The van der Waals surface area contributed by atoms with Crippen LogP contribution in [0.4, 0.5) is 0 Å². The molecule has 1 saturated carbocycles. The van der Waals surface area contributed by atoms with Crippen LogP contribution in [0.2, 0.25) is 0 Å². The van der Waals surface area contributed by atoms with Gasteiger partial charge < -0.3 is 0 Å². The second-order valence-corrected chi connectivity index (χ2v) is 6.92. The molecule has 3 rings (SSSR count). The zero-order chi connectivity index (χ0) is 17.4. The summed E-state index contributed by atoms with van der Waals surface area (Å²) >= 11 is 0. The fourth-order valence-corrected chi connectivity index (χ4v) is 3.92. The Hall–Kier alpha value is -1.80. The third-order valence-electron chi connectivity index (χ3n) is 5.48. The van der Waals surface area contributed by atoms with Gasteiger partial charge in [0.25, 0.3) is 0 Å². The van der Waals surface area contributed by atoms with Crippen molar-refractivity contribution in [3.63, 3.8) is 0 Å². The number of piperazine rings is 2. The maximum Gasteiger partial charge on any atom is 0.243 e. The molecule has 24 heavy (non-hydrogen) atoms. The fraction of sp³-hybridized carbons (Fsp3) is 0.750. The number of imide groups is 2. The van der Waals surface area contributed by atoms with Gasteiger partial charge in [-0.1, -0.05) is 12.8 Å². The summed E-state index contributed by atoms with van der Waals surface area (Å²) in [4.78, 5) is 54.3. The summed E-state index contributed by atoms with van der Waals surface area (Å²) in [7, 11) is 3.02. The lowest BCUT2D eigenvalue weighted by Gasteiger charge is -2.47. The van der Waals surface area contributed by atoms with Gasteiger partial charge in [-0.2, -0.15) is 0 Å². The van der Waals surface area contributed by atoms with E-state index in [1.807, 2.05) is 9.80 Å². The van der Waals surface area contributed by atoms with Gasteiger partial charge in [0, 0.05) is 26.2 Å². The summed E-state index contributed by atoms with van der Waals surface area (Å²) in [5, 5.41) is 0. The maximum absolute atomic E-state index is 12.0. The molecule has 8 heteroatoms. The van der Waals surface area contributed by atoms with Crippen molar-refractivity contribution in [1.82, 2.24) is 19.6 Å². The van der Waals surface area contributed by atoms with E-state index in [0.717, 1.165) is 25.7 Å². The summed E-state index contributed by atoms with van der Waals surface area (Å²) in [5.41, 5.74) is 0. The van der Waals surface area contributed by atoms with Crippen molar-refractivity contribution in [1.29, 1.82) is 0 Å². The van der Waals surface area contributed by atoms with Crippen molar-refractivity contribution >= 4 is 23.6 Å². The van der Waals surface area contributed by atoms with Crippen LogP contribution in [-0.2, 0) is 19.2 Å². The van der Waals surface area contributed by atoms with Crippen molar-refractivity contribution in [2.75, 3.05) is 40.3 Å². The Morgan fingerprint density at radius 2 is 0.917 bits per heavy atom. The van der Waals surface area contributed by atoms with Crippen LogP contribution in [0.15, 0.2) is 0 Å². The fourth-order valence-electron chi connectivity index (χ4n) is 3.92. The first-order valence-corrected chi connectivity index (χ1v) is 8.45. The van der Waals surface area contributed by atoms with Gasteiger partial charge in [-0.05, 0) is 12.8 Å². The smallest absolute Gasteiger partial charge is 0.243 e. The first kappa shape index (κ1) is 17.0. The standard InChI is InChI=1S/C16H24N4O4/c1-17-13(21)7-19(8-14(17)22)11-5-3-4-6-12(11)20-9-15(23)18(2)16(24)10-20/h11-12H,3-10H2,1-2H3/t11-,12-/m1/s1. The van der Waals surface area contributed by atoms with E-state index < -0.39 is 0 Å². The molecule has 0 radical (unpaired) electrons. The monoisotopic (exact) mass is 336 g/mol. The highest BCUT2D eigenvalue weighted by Crippen LogP contribution is 2.29. The molecule has 3 fully saturated rings. The van der Waals surface area contributed by atoms with Gasteiger partial charge in [0.05, 0.1) is 26.2 Å². The summed E-state index contributed by atoms with van der Waals surface area (Å²) in [5.74, 6) is -0.774. The summed E-state index contributed by atoms with van der Waals surface area (Å²) in [6.45, 7) is 0.885. The van der Waals surface area contributed by atoms with Crippen LogP contribution in [0, 0.1) is 0 Å². The van der Waals surface area contributed by atoms with Crippen LogP contribution in [0.5, 0.6) is 0 Å². The average Bonchev–Trinajstić information content (AvgIpc) is 2.56. The average molecular weight is 336 g/mol. The van der Waals surface area contributed by atoms with E-state index >= 15 is 0 Å². The Bertz CT molecular complexity index is 492. The number of carbonyl (C=O) groups excluding carboxylic acids is 4. The predicted molar refractivity (Wildman–Crippen MR) is 84.7 cm³/mol. The van der Waals surface area contributed by atoms with Gasteiger partial charge in [0.2, 0.25) is 23.6 Å². The summed E-state index contributed by atoms with van der Waals surface area (Å²) in [6, 6.07) is 0.0636. The largest absolute Gasteiger partial charge is 0.284 e. The molecule has 0 aromatic rings. The van der Waals surface area contributed by atoms with E-state index in [-0.39, 0.29) is 61.9 Å². The molecule has 2 heterocycles. The molecular weight excluding hydrogens is 312 g/mol. The molecule has 0 unspecified atom stereocenters. The molecule has 1 aliphatic carbocycles. The molecular formula is C16H24N4O4. The Morgan fingerprint density at radius 1 is 0.625 bits per heavy atom. The Kier molecular flexibility index (Phi) is 4.69. The zero-order valence-electron chi connectivity index (χ0n) is 14.2.